The molecule has 1 fully saturated rings. The van der Waals surface area contributed by atoms with Gasteiger partial charge in [0.05, 0.1) is 19.0 Å². The molecular weight excluding hydrogens is 383 g/mol. The lowest BCUT2D eigenvalue weighted by molar-refractivity contribution is -0.0612. The summed E-state index contributed by atoms with van der Waals surface area (Å²) in [6.07, 6.45) is -2.91. The molecule has 0 aliphatic carbocycles. The molecule has 3 heterocycles. The van der Waals surface area contributed by atoms with Gasteiger partial charge in [0.2, 0.25) is 5.88 Å². The molecule has 12 nitrogen and oxygen atoms in total. The summed E-state index contributed by atoms with van der Waals surface area (Å²) in [6.45, 7) is 3.38. The molecular formula is C14H21N4O8P. The average Bonchev–Trinajstić information content (AvgIpc) is 3.10. The Labute approximate surface area is 153 Å². The van der Waals surface area contributed by atoms with E-state index in [9.17, 15) is 14.8 Å². The fourth-order valence-electron chi connectivity index (χ4n) is 2.71. The predicted octanol–water partition coefficient (Wildman–Crippen LogP) is -0.616. The van der Waals surface area contributed by atoms with Crippen molar-refractivity contribution in [1.82, 2.24) is 19.5 Å². The number of rotatable bonds is 7. The highest BCUT2D eigenvalue weighted by Gasteiger charge is 2.44. The van der Waals surface area contributed by atoms with E-state index >= 15 is 0 Å². The van der Waals surface area contributed by atoms with Crippen molar-refractivity contribution in [3.8, 4) is 5.88 Å². The maximum absolute atomic E-state index is 10.8. The van der Waals surface area contributed by atoms with Gasteiger partial charge in [-0.25, -0.2) is 9.97 Å². The van der Waals surface area contributed by atoms with E-state index in [1.165, 1.54) is 17.2 Å². The van der Waals surface area contributed by atoms with Gasteiger partial charge in [-0.2, -0.15) is 4.98 Å². The first-order valence-electron chi connectivity index (χ1n) is 8.15. The monoisotopic (exact) mass is 404 g/mol. The van der Waals surface area contributed by atoms with Crippen LogP contribution in [0.4, 0.5) is 0 Å². The summed E-state index contributed by atoms with van der Waals surface area (Å²) in [5, 5.41) is 20.5. The van der Waals surface area contributed by atoms with Gasteiger partial charge in [-0.05, 0) is 13.8 Å². The number of ether oxygens (including phenoxy) is 3. The van der Waals surface area contributed by atoms with Crippen molar-refractivity contribution in [1.29, 1.82) is 0 Å². The summed E-state index contributed by atoms with van der Waals surface area (Å²) >= 11 is 0. The number of aromatic nitrogens is 4. The zero-order valence-electron chi connectivity index (χ0n) is 14.6. The second-order valence-corrected chi connectivity index (χ2v) is 7.97. The maximum atomic E-state index is 10.8. The van der Waals surface area contributed by atoms with E-state index in [1.54, 1.807) is 0 Å². The van der Waals surface area contributed by atoms with E-state index in [2.05, 4.69) is 15.0 Å². The predicted molar refractivity (Wildman–Crippen MR) is 89.9 cm³/mol. The molecule has 2 aromatic heterocycles. The van der Waals surface area contributed by atoms with Crippen LogP contribution in [0.2, 0.25) is 0 Å². The van der Waals surface area contributed by atoms with Gasteiger partial charge in [-0.1, -0.05) is 0 Å². The number of hydrogen-bond donors (Lipinski definition) is 4. The molecule has 0 spiro atoms. The Balaban J connectivity index is 1.79. The lowest BCUT2D eigenvalue weighted by Gasteiger charge is -2.16. The Bertz CT molecular complexity index is 840. The summed E-state index contributed by atoms with van der Waals surface area (Å²) in [5.41, 5.74) is 0.714. The normalized spacial score (nSPS) is 26.2. The molecule has 1 unspecified atom stereocenters. The summed E-state index contributed by atoms with van der Waals surface area (Å²) in [7, 11) is -4.34. The molecule has 4 N–H and O–H groups in total. The molecule has 2 aromatic rings. The largest absolute Gasteiger partial charge is 0.473 e. The van der Waals surface area contributed by atoms with Gasteiger partial charge in [0.1, 0.15) is 31.0 Å². The molecule has 0 amide bonds. The quantitative estimate of drug-likeness (QED) is 0.434. The smallest absolute Gasteiger partial charge is 0.350 e. The maximum Gasteiger partial charge on any atom is 0.350 e. The van der Waals surface area contributed by atoms with Crippen LogP contribution in [0.5, 0.6) is 5.88 Å². The number of imidazole rings is 1. The minimum absolute atomic E-state index is 0.126. The van der Waals surface area contributed by atoms with Crippen molar-refractivity contribution in [3.63, 3.8) is 0 Å². The lowest BCUT2D eigenvalue weighted by atomic mass is 10.1. The molecule has 13 heteroatoms. The van der Waals surface area contributed by atoms with E-state index in [0.29, 0.717) is 11.2 Å². The first kappa shape index (κ1) is 20.1. The fourth-order valence-corrected chi connectivity index (χ4v) is 3.05. The van der Waals surface area contributed by atoms with Crippen molar-refractivity contribution in [2.75, 3.05) is 13.0 Å². The molecule has 4 atom stereocenters. The third-order valence-electron chi connectivity index (χ3n) is 3.83. The van der Waals surface area contributed by atoms with Crippen molar-refractivity contribution in [3.05, 3.63) is 12.7 Å². The summed E-state index contributed by atoms with van der Waals surface area (Å²) < 4.78 is 28.4. The second kappa shape index (κ2) is 7.76. The highest BCUT2D eigenvalue weighted by atomic mass is 31.2. The minimum atomic E-state index is -4.34. The van der Waals surface area contributed by atoms with Crippen LogP contribution in [0, 0.1) is 0 Å². The van der Waals surface area contributed by atoms with E-state index in [-0.39, 0.29) is 18.6 Å². The van der Waals surface area contributed by atoms with Crippen LogP contribution in [-0.2, 0) is 14.0 Å². The van der Waals surface area contributed by atoms with Gasteiger partial charge in [0, 0.05) is 0 Å². The molecule has 1 aliphatic heterocycles. The summed E-state index contributed by atoms with van der Waals surface area (Å²) in [4.78, 5) is 30.0. The molecule has 0 bridgehead atoms. The Hall–Kier alpha value is -1.66. The second-order valence-electron chi connectivity index (χ2n) is 6.38. The molecule has 1 aliphatic rings. The molecule has 0 saturated carbocycles. The van der Waals surface area contributed by atoms with Crippen LogP contribution in [0.25, 0.3) is 11.2 Å². The van der Waals surface area contributed by atoms with Crippen LogP contribution in [0.1, 0.15) is 20.1 Å². The molecule has 150 valence electrons. The van der Waals surface area contributed by atoms with Crippen molar-refractivity contribution in [2.45, 2.75) is 44.5 Å². The van der Waals surface area contributed by atoms with Crippen molar-refractivity contribution in [2.24, 2.45) is 0 Å². The van der Waals surface area contributed by atoms with Crippen LogP contribution < -0.4 is 4.74 Å². The van der Waals surface area contributed by atoms with Crippen LogP contribution in [0.3, 0.4) is 0 Å². The number of nitrogens with zero attached hydrogens (tertiary/aromatic N) is 4. The average molecular weight is 404 g/mol. The van der Waals surface area contributed by atoms with Gasteiger partial charge < -0.3 is 34.2 Å². The Morgan fingerprint density at radius 1 is 1.26 bits per heavy atom. The van der Waals surface area contributed by atoms with E-state index in [1.807, 2.05) is 13.8 Å². The topological polar surface area (TPSA) is 169 Å². The first-order valence-corrected chi connectivity index (χ1v) is 9.95. The minimum Gasteiger partial charge on any atom is -0.473 e. The number of aliphatic hydroxyl groups excluding tert-OH is 2. The van der Waals surface area contributed by atoms with Crippen molar-refractivity contribution >= 4 is 18.8 Å². The van der Waals surface area contributed by atoms with Gasteiger partial charge in [0.15, 0.2) is 17.4 Å². The van der Waals surface area contributed by atoms with Crippen molar-refractivity contribution < 1.29 is 38.8 Å². The Kier molecular flexibility index (Phi) is 5.77. The molecule has 27 heavy (non-hydrogen) atoms. The van der Waals surface area contributed by atoms with Gasteiger partial charge in [-0.15, -0.1) is 0 Å². The van der Waals surface area contributed by atoms with Crippen LogP contribution in [-0.4, -0.2) is 76.9 Å². The highest BCUT2D eigenvalue weighted by Crippen LogP contribution is 2.36. The zero-order valence-corrected chi connectivity index (χ0v) is 15.5. The number of aliphatic hydroxyl groups is 2. The third kappa shape index (κ3) is 4.43. The SMILES string of the molecule is CC(C)Oc1ncnc2c1ncn2[C@@H]1OC(COCP(=O)(O)O)[C@@H](O)[C@H]1O. The summed E-state index contributed by atoms with van der Waals surface area (Å²) in [5.74, 6) is 0.281. The lowest BCUT2D eigenvalue weighted by Crippen LogP contribution is -2.33. The van der Waals surface area contributed by atoms with Gasteiger partial charge in [-0.3, -0.25) is 9.13 Å². The molecule has 3 rings (SSSR count). The molecule has 0 radical (unpaired) electrons. The Morgan fingerprint density at radius 2 is 2.00 bits per heavy atom. The van der Waals surface area contributed by atoms with Crippen LogP contribution >= 0.6 is 7.60 Å². The first-order chi connectivity index (χ1) is 12.7. The molecule has 0 aromatic carbocycles. The van der Waals surface area contributed by atoms with E-state index in [4.69, 9.17) is 24.0 Å². The number of fused-ring (bicyclic) bond motifs is 1. The third-order valence-corrected chi connectivity index (χ3v) is 4.34. The zero-order chi connectivity index (χ0) is 19.8. The summed E-state index contributed by atoms with van der Waals surface area (Å²) in [6, 6.07) is 0. The van der Waals surface area contributed by atoms with Gasteiger partial charge in [0.25, 0.3) is 0 Å². The number of hydrogen-bond acceptors (Lipinski definition) is 9. The van der Waals surface area contributed by atoms with Gasteiger partial charge >= 0.3 is 7.60 Å². The molecule has 1 saturated heterocycles. The van der Waals surface area contributed by atoms with E-state index < -0.39 is 38.5 Å². The highest BCUT2D eigenvalue weighted by molar-refractivity contribution is 7.51. The van der Waals surface area contributed by atoms with Crippen LogP contribution in [0.15, 0.2) is 12.7 Å². The van der Waals surface area contributed by atoms with E-state index in [0.717, 1.165) is 0 Å². The standard InChI is InChI=1S/C14H21N4O8P/c1-7(2)25-13-9-12(15-4-16-13)18(5-17-9)14-11(20)10(19)8(26-14)3-24-6-27(21,22)23/h4-5,7-8,10-11,14,19-20H,3,6H2,1-2H3,(H2,21,22,23)/t8?,10-,11-,14-/m1/s1. The fraction of sp³-hybridized carbons (Fsp3) is 0.643. The Morgan fingerprint density at radius 3 is 2.67 bits per heavy atom.